The molecule has 2 fully saturated rings. The molecule has 1 saturated heterocycles. The minimum Gasteiger partial charge on any atom is -0.357 e. The Balaban J connectivity index is 1.72. The van der Waals surface area contributed by atoms with Crippen LogP contribution < -0.4 is 0 Å². The highest BCUT2D eigenvalue weighted by molar-refractivity contribution is 6.10. The van der Waals surface area contributed by atoms with Gasteiger partial charge in [0.1, 0.15) is 0 Å². The van der Waals surface area contributed by atoms with Gasteiger partial charge in [-0.1, -0.05) is 13.3 Å². The summed E-state index contributed by atoms with van der Waals surface area (Å²) in [6, 6.07) is 1.71. The third-order valence-electron chi connectivity index (χ3n) is 4.86. The van der Waals surface area contributed by atoms with Gasteiger partial charge in [0.05, 0.1) is 18.4 Å². The van der Waals surface area contributed by atoms with Crippen molar-refractivity contribution in [1.29, 1.82) is 0 Å². The molecule has 1 aliphatic heterocycles. The fourth-order valence-electron chi connectivity index (χ4n) is 3.59. The van der Waals surface area contributed by atoms with E-state index < -0.39 is 0 Å². The lowest BCUT2D eigenvalue weighted by Crippen LogP contribution is -2.36. The van der Waals surface area contributed by atoms with E-state index in [1.165, 1.54) is 4.90 Å². The van der Waals surface area contributed by atoms with Crippen LogP contribution in [0.1, 0.15) is 36.5 Å². The molecular formula is C16H20N2O3. The summed E-state index contributed by atoms with van der Waals surface area (Å²) >= 11 is 0. The smallest absolute Gasteiger partial charge is 0.233 e. The molecule has 2 amide bonds. The SMILES string of the molecule is CCC1CC2C(=O)N(CC(=O)c3ccn(C)c3)C(=O)C2C1. The maximum absolute atomic E-state index is 12.4. The second-order valence-corrected chi connectivity index (χ2v) is 6.21. The van der Waals surface area contributed by atoms with E-state index in [4.69, 9.17) is 0 Å². The zero-order valence-corrected chi connectivity index (χ0v) is 12.4. The van der Waals surface area contributed by atoms with Crippen molar-refractivity contribution in [3.8, 4) is 0 Å². The van der Waals surface area contributed by atoms with Gasteiger partial charge in [0.15, 0.2) is 5.78 Å². The highest BCUT2D eigenvalue weighted by atomic mass is 16.2. The Bertz CT molecular complexity index is 580. The van der Waals surface area contributed by atoms with Gasteiger partial charge in [-0.15, -0.1) is 0 Å². The Kier molecular flexibility index (Phi) is 3.43. The number of carbonyl (C=O) groups is 3. The largest absolute Gasteiger partial charge is 0.357 e. The van der Waals surface area contributed by atoms with E-state index in [1.807, 2.05) is 7.05 Å². The third kappa shape index (κ3) is 2.30. The number of fused-ring (bicyclic) bond motifs is 1. The van der Waals surface area contributed by atoms with E-state index in [-0.39, 0.29) is 36.0 Å². The number of aromatic nitrogens is 1. The number of rotatable bonds is 4. The van der Waals surface area contributed by atoms with Gasteiger partial charge in [0.25, 0.3) is 0 Å². The van der Waals surface area contributed by atoms with E-state index in [1.54, 1.807) is 23.0 Å². The van der Waals surface area contributed by atoms with Crippen molar-refractivity contribution in [3.05, 3.63) is 24.0 Å². The molecule has 5 heteroatoms. The molecule has 2 heterocycles. The Hall–Kier alpha value is -1.91. The summed E-state index contributed by atoms with van der Waals surface area (Å²) in [7, 11) is 1.83. The summed E-state index contributed by atoms with van der Waals surface area (Å²) in [6.07, 6.45) is 6.09. The molecule has 2 aliphatic rings. The zero-order chi connectivity index (χ0) is 15.1. The number of carbonyl (C=O) groups excluding carboxylic acids is 3. The number of imide groups is 1. The lowest BCUT2D eigenvalue weighted by atomic mass is 10.00. The highest BCUT2D eigenvalue weighted by Gasteiger charge is 2.52. The quantitative estimate of drug-likeness (QED) is 0.625. The Morgan fingerprint density at radius 3 is 2.33 bits per heavy atom. The summed E-state index contributed by atoms with van der Waals surface area (Å²) in [4.78, 5) is 38.1. The average molecular weight is 288 g/mol. The fourth-order valence-corrected chi connectivity index (χ4v) is 3.59. The Labute approximate surface area is 123 Å². The summed E-state index contributed by atoms with van der Waals surface area (Å²) in [5.41, 5.74) is 0.543. The second-order valence-electron chi connectivity index (χ2n) is 6.21. The first kappa shape index (κ1) is 14.0. The van der Waals surface area contributed by atoms with Crippen molar-refractivity contribution >= 4 is 17.6 Å². The highest BCUT2D eigenvalue weighted by Crippen LogP contribution is 2.44. The van der Waals surface area contributed by atoms with Crippen LogP contribution in [0.25, 0.3) is 0 Å². The van der Waals surface area contributed by atoms with Crippen molar-refractivity contribution < 1.29 is 14.4 Å². The molecule has 0 spiro atoms. The first-order valence-electron chi connectivity index (χ1n) is 7.51. The van der Waals surface area contributed by atoms with Crippen molar-refractivity contribution in [2.45, 2.75) is 26.2 Å². The van der Waals surface area contributed by atoms with Crippen LogP contribution in [-0.2, 0) is 16.6 Å². The van der Waals surface area contributed by atoms with Crippen LogP contribution in [-0.4, -0.2) is 33.6 Å². The Morgan fingerprint density at radius 1 is 1.24 bits per heavy atom. The lowest BCUT2D eigenvalue weighted by molar-refractivity contribution is -0.139. The first-order valence-corrected chi connectivity index (χ1v) is 7.51. The van der Waals surface area contributed by atoms with Crippen LogP contribution in [0.15, 0.2) is 18.5 Å². The summed E-state index contributed by atoms with van der Waals surface area (Å²) in [5.74, 6) is -0.378. The maximum Gasteiger partial charge on any atom is 0.233 e. The molecule has 0 bridgehead atoms. The molecule has 21 heavy (non-hydrogen) atoms. The predicted octanol–water partition coefficient (Wildman–Crippen LogP) is 1.63. The van der Waals surface area contributed by atoms with Crippen molar-refractivity contribution in [3.63, 3.8) is 0 Å². The minimum absolute atomic E-state index is 0.120. The first-order chi connectivity index (χ1) is 10.0. The van der Waals surface area contributed by atoms with Crippen LogP contribution in [0, 0.1) is 17.8 Å². The molecule has 1 saturated carbocycles. The number of aryl methyl sites for hydroxylation is 1. The number of amides is 2. The van der Waals surface area contributed by atoms with Gasteiger partial charge >= 0.3 is 0 Å². The molecule has 0 radical (unpaired) electrons. The van der Waals surface area contributed by atoms with E-state index in [2.05, 4.69) is 6.92 Å². The van der Waals surface area contributed by atoms with Crippen LogP contribution in [0.2, 0.25) is 0 Å². The summed E-state index contributed by atoms with van der Waals surface area (Å²) < 4.78 is 1.78. The topological polar surface area (TPSA) is 59.4 Å². The average Bonchev–Trinajstić information content (AvgIpc) is 3.13. The third-order valence-corrected chi connectivity index (χ3v) is 4.86. The van der Waals surface area contributed by atoms with Gasteiger partial charge in [-0.25, -0.2) is 0 Å². The number of hydrogen-bond acceptors (Lipinski definition) is 3. The molecule has 1 aromatic heterocycles. The number of nitrogens with zero attached hydrogens (tertiary/aromatic N) is 2. The van der Waals surface area contributed by atoms with E-state index in [9.17, 15) is 14.4 Å². The molecule has 2 unspecified atom stereocenters. The fraction of sp³-hybridized carbons (Fsp3) is 0.562. The van der Waals surface area contributed by atoms with Crippen molar-refractivity contribution in [2.75, 3.05) is 6.54 Å². The number of Topliss-reactive ketones (excluding diaryl/α,β-unsaturated/α-hetero) is 1. The monoisotopic (exact) mass is 288 g/mol. The summed E-state index contributed by atoms with van der Waals surface area (Å²) in [5, 5.41) is 0. The second kappa shape index (κ2) is 5.13. The molecule has 1 aliphatic carbocycles. The standard InChI is InChI=1S/C16H20N2O3/c1-3-10-6-12-13(7-10)16(21)18(15(12)20)9-14(19)11-4-5-17(2)8-11/h4-5,8,10,12-13H,3,6-7,9H2,1-2H3. The number of ketones is 1. The number of hydrogen-bond donors (Lipinski definition) is 0. The van der Waals surface area contributed by atoms with Crippen molar-refractivity contribution in [2.24, 2.45) is 24.8 Å². The Morgan fingerprint density at radius 2 is 1.86 bits per heavy atom. The van der Waals surface area contributed by atoms with Crippen LogP contribution in [0.4, 0.5) is 0 Å². The zero-order valence-electron chi connectivity index (χ0n) is 12.4. The molecule has 0 aromatic carbocycles. The van der Waals surface area contributed by atoms with Crippen LogP contribution in [0.5, 0.6) is 0 Å². The van der Waals surface area contributed by atoms with Gasteiger partial charge in [-0.3, -0.25) is 19.3 Å². The van der Waals surface area contributed by atoms with E-state index >= 15 is 0 Å². The minimum atomic E-state index is -0.189. The van der Waals surface area contributed by atoms with Crippen LogP contribution in [0.3, 0.4) is 0 Å². The van der Waals surface area contributed by atoms with E-state index in [0.717, 1.165) is 19.3 Å². The molecule has 5 nitrogen and oxygen atoms in total. The van der Waals surface area contributed by atoms with Gasteiger partial charge in [0.2, 0.25) is 11.8 Å². The van der Waals surface area contributed by atoms with Gasteiger partial charge in [-0.05, 0) is 24.8 Å². The molecule has 112 valence electrons. The van der Waals surface area contributed by atoms with E-state index in [0.29, 0.717) is 11.5 Å². The molecule has 3 rings (SSSR count). The van der Waals surface area contributed by atoms with Crippen molar-refractivity contribution in [1.82, 2.24) is 9.47 Å². The maximum atomic E-state index is 12.4. The molecule has 0 N–H and O–H groups in total. The molecule has 1 aromatic rings. The van der Waals surface area contributed by atoms with Crippen LogP contribution >= 0.6 is 0 Å². The number of likely N-dealkylation sites (tertiary alicyclic amines) is 1. The normalized spacial score (nSPS) is 28.3. The van der Waals surface area contributed by atoms with Gasteiger partial charge in [0, 0.05) is 25.0 Å². The van der Waals surface area contributed by atoms with Gasteiger partial charge < -0.3 is 4.57 Å². The van der Waals surface area contributed by atoms with Gasteiger partial charge in [-0.2, -0.15) is 0 Å². The molecule has 2 atom stereocenters. The summed E-state index contributed by atoms with van der Waals surface area (Å²) in [6.45, 7) is 1.98. The predicted molar refractivity (Wildman–Crippen MR) is 76.5 cm³/mol. The lowest BCUT2D eigenvalue weighted by Gasteiger charge is -2.16. The molecular weight excluding hydrogens is 268 g/mol.